The smallest absolute Gasteiger partial charge is 0.416 e. The summed E-state index contributed by atoms with van der Waals surface area (Å²) in [5.74, 6) is 2.21. The average Bonchev–Trinajstić information content (AvgIpc) is 3.45. The first-order chi connectivity index (χ1) is 16.7. The van der Waals surface area contributed by atoms with Gasteiger partial charge >= 0.3 is 12.1 Å². The molecule has 10 heteroatoms. The molecule has 35 heavy (non-hydrogen) atoms. The van der Waals surface area contributed by atoms with Crippen LogP contribution < -0.4 is 4.74 Å². The molecule has 0 aliphatic carbocycles. The molecule has 0 amide bonds. The molecule has 0 saturated carbocycles. The maximum Gasteiger partial charge on any atom is 0.416 e. The Hall–Kier alpha value is -2.98. The highest BCUT2D eigenvalue weighted by Gasteiger charge is 2.32. The van der Waals surface area contributed by atoms with Gasteiger partial charge in [-0.1, -0.05) is 12.1 Å². The Morgan fingerprint density at radius 2 is 2.00 bits per heavy atom. The number of ether oxygens (including phenoxy) is 2. The predicted octanol–water partition coefficient (Wildman–Crippen LogP) is 5.34. The van der Waals surface area contributed by atoms with Gasteiger partial charge in [-0.3, -0.25) is 4.90 Å². The summed E-state index contributed by atoms with van der Waals surface area (Å²) in [5, 5.41) is -0.293. The molecule has 1 fully saturated rings. The molecule has 1 aliphatic heterocycles. The lowest BCUT2D eigenvalue weighted by atomic mass is 10.1. The van der Waals surface area contributed by atoms with Gasteiger partial charge in [-0.15, -0.1) is 11.8 Å². The van der Waals surface area contributed by atoms with Crippen molar-refractivity contribution in [2.45, 2.75) is 31.4 Å². The van der Waals surface area contributed by atoms with Gasteiger partial charge in [0.15, 0.2) is 5.37 Å². The lowest BCUT2D eigenvalue weighted by Crippen LogP contribution is -2.34. The fraction of sp³-hybridized carbons (Fsp3) is 0.360. The van der Waals surface area contributed by atoms with Crippen molar-refractivity contribution in [3.63, 3.8) is 0 Å². The summed E-state index contributed by atoms with van der Waals surface area (Å²) in [6.07, 6.45) is -3.91. The number of rotatable bonds is 8. The monoisotopic (exact) mass is 506 g/mol. The number of esters is 1. The second-order valence-electron chi connectivity index (χ2n) is 8.06. The molecule has 186 valence electrons. The Bertz CT molecular complexity index is 1160. The Kier molecular flexibility index (Phi) is 7.71. The van der Waals surface area contributed by atoms with Gasteiger partial charge in [0.05, 0.1) is 25.0 Å². The number of aromatic nitrogens is 1. The van der Waals surface area contributed by atoms with E-state index in [1.165, 1.54) is 19.2 Å². The van der Waals surface area contributed by atoms with Gasteiger partial charge in [0.2, 0.25) is 5.89 Å². The van der Waals surface area contributed by atoms with Crippen molar-refractivity contribution >= 4 is 17.7 Å². The van der Waals surface area contributed by atoms with Gasteiger partial charge in [0, 0.05) is 30.8 Å². The van der Waals surface area contributed by atoms with E-state index in [0.29, 0.717) is 42.3 Å². The van der Waals surface area contributed by atoms with Crippen LogP contribution in [0.1, 0.15) is 22.6 Å². The van der Waals surface area contributed by atoms with Crippen molar-refractivity contribution in [2.75, 3.05) is 26.0 Å². The van der Waals surface area contributed by atoms with E-state index < -0.39 is 11.7 Å². The van der Waals surface area contributed by atoms with Gasteiger partial charge in [-0.2, -0.15) is 13.2 Å². The number of carbonyl (C=O) groups is 1. The third-order valence-corrected chi connectivity index (χ3v) is 6.86. The van der Waals surface area contributed by atoms with E-state index in [1.807, 2.05) is 24.3 Å². The molecule has 4 rings (SSSR count). The van der Waals surface area contributed by atoms with Gasteiger partial charge in [-0.05, 0) is 48.9 Å². The number of hydrogen-bond donors (Lipinski definition) is 0. The quantitative estimate of drug-likeness (QED) is 0.382. The number of hydrogen-bond acceptors (Lipinski definition) is 7. The summed E-state index contributed by atoms with van der Waals surface area (Å²) < 4.78 is 54.8. The lowest BCUT2D eigenvalue weighted by Gasteiger charge is -2.21. The van der Waals surface area contributed by atoms with Crippen LogP contribution in [0.5, 0.6) is 5.75 Å². The van der Waals surface area contributed by atoms with Gasteiger partial charge < -0.3 is 13.9 Å². The van der Waals surface area contributed by atoms with Crippen LogP contribution in [0.2, 0.25) is 0 Å². The van der Waals surface area contributed by atoms with Crippen molar-refractivity contribution in [3.05, 3.63) is 71.1 Å². The first-order valence-electron chi connectivity index (χ1n) is 11.0. The van der Waals surface area contributed by atoms with E-state index in [1.54, 1.807) is 18.7 Å². The molecule has 0 spiro atoms. The van der Waals surface area contributed by atoms with E-state index in [0.717, 1.165) is 30.0 Å². The van der Waals surface area contributed by atoms with E-state index in [-0.39, 0.29) is 17.2 Å². The van der Waals surface area contributed by atoms with Crippen molar-refractivity contribution in [1.82, 2.24) is 9.88 Å². The van der Waals surface area contributed by atoms with Crippen LogP contribution in [-0.4, -0.2) is 47.2 Å². The molecule has 6 nitrogen and oxygen atoms in total. The van der Waals surface area contributed by atoms with Crippen LogP contribution in [0.25, 0.3) is 11.5 Å². The van der Waals surface area contributed by atoms with E-state index in [2.05, 4.69) is 9.88 Å². The molecule has 1 atom stereocenters. The minimum Gasteiger partial charge on any atom is -0.493 e. The zero-order chi connectivity index (χ0) is 25.0. The molecule has 3 aromatic rings. The second-order valence-corrected chi connectivity index (χ2v) is 9.25. The molecule has 2 heterocycles. The minimum atomic E-state index is -4.39. The molecule has 0 bridgehead atoms. The lowest BCUT2D eigenvalue weighted by molar-refractivity contribution is -0.143. The number of thioether (sulfide) groups is 1. The predicted molar refractivity (Wildman–Crippen MR) is 126 cm³/mol. The van der Waals surface area contributed by atoms with Crippen LogP contribution in [0.4, 0.5) is 13.2 Å². The first kappa shape index (κ1) is 25.1. The molecule has 0 N–H and O–H groups in total. The van der Waals surface area contributed by atoms with E-state index in [4.69, 9.17) is 13.9 Å². The highest BCUT2D eigenvalue weighted by Crippen LogP contribution is 2.31. The molecule has 0 radical (unpaired) electrons. The van der Waals surface area contributed by atoms with Crippen LogP contribution in [0, 0.1) is 6.92 Å². The first-order valence-corrected chi connectivity index (χ1v) is 12.1. The Labute approximate surface area is 205 Å². The van der Waals surface area contributed by atoms with Crippen molar-refractivity contribution in [3.8, 4) is 17.2 Å². The molecular formula is C25H25F3N2O4S. The summed E-state index contributed by atoms with van der Waals surface area (Å²) in [7, 11) is 1.40. The summed E-state index contributed by atoms with van der Waals surface area (Å²) in [4.78, 5) is 18.5. The SMILES string of the molecule is COC(=O)C1SCCN1Cc1cccc(OCCc2nc(-c3ccc(C(F)(F)F)cc3)oc2C)c1. The standard InChI is InChI=1S/C25H25F3N2O4S/c1-16-21(29-22(34-16)18-6-8-19(9-7-18)25(26,27)28)10-12-33-20-5-3-4-17(14-20)15-30-11-13-35-23(30)24(31)32-2/h3-9,14,23H,10-13,15H2,1-2H3. The highest BCUT2D eigenvalue weighted by atomic mass is 32.2. The van der Waals surface area contributed by atoms with E-state index in [9.17, 15) is 18.0 Å². The average molecular weight is 507 g/mol. The zero-order valence-electron chi connectivity index (χ0n) is 19.3. The zero-order valence-corrected chi connectivity index (χ0v) is 20.1. The fourth-order valence-electron chi connectivity index (χ4n) is 3.80. The van der Waals surface area contributed by atoms with Gasteiger partial charge in [0.25, 0.3) is 0 Å². The number of carbonyl (C=O) groups excluding carboxylic acids is 1. The fourth-order valence-corrected chi connectivity index (χ4v) is 4.99. The topological polar surface area (TPSA) is 64.8 Å². The Balaban J connectivity index is 1.34. The number of benzene rings is 2. The van der Waals surface area contributed by atoms with Crippen LogP contribution in [0.3, 0.4) is 0 Å². The summed E-state index contributed by atoms with van der Waals surface area (Å²) in [6, 6.07) is 12.4. The summed E-state index contributed by atoms with van der Waals surface area (Å²) in [5.41, 5.74) is 1.48. The van der Waals surface area contributed by atoms with Crippen LogP contribution >= 0.6 is 11.8 Å². The normalized spacial score (nSPS) is 16.4. The Morgan fingerprint density at radius 3 is 2.71 bits per heavy atom. The minimum absolute atomic E-state index is 0.237. The number of alkyl halides is 3. The number of halogens is 3. The molecule has 1 unspecified atom stereocenters. The summed E-state index contributed by atoms with van der Waals surface area (Å²) >= 11 is 1.58. The maximum absolute atomic E-state index is 12.8. The van der Waals surface area contributed by atoms with Gasteiger partial charge in [0.1, 0.15) is 11.5 Å². The number of oxazole rings is 1. The van der Waals surface area contributed by atoms with E-state index >= 15 is 0 Å². The number of nitrogens with zero attached hydrogens (tertiary/aromatic N) is 2. The van der Waals surface area contributed by atoms with Crippen molar-refractivity contribution < 1.29 is 31.9 Å². The largest absolute Gasteiger partial charge is 0.493 e. The maximum atomic E-state index is 12.8. The summed E-state index contributed by atoms with van der Waals surface area (Å²) in [6.45, 7) is 3.54. The third kappa shape index (κ3) is 6.18. The van der Waals surface area contributed by atoms with Gasteiger partial charge in [-0.25, -0.2) is 9.78 Å². The molecule has 1 saturated heterocycles. The number of aryl methyl sites for hydroxylation is 1. The molecule has 2 aromatic carbocycles. The third-order valence-electron chi connectivity index (χ3n) is 5.63. The highest BCUT2D eigenvalue weighted by molar-refractivity contribution is 8.00. The van der Waals surface area contributed by atoms with Crippen molar-refractivity contribution in [1.29, 1.82) is 0 Å². The number of methoxy groups -OCH3 is 1. The molecule has 1 aromatic heterocycles. The van der Waals surface area contributed by atoms with Crippen molar-refractivity contribution in [2.24, 2.45) is 0 Å². The van der Waals surface area contributed by atoms with Crippen LogP contribution in [0.15, 0.2) is 52.9 Å². The van der Waals surface area contributed by atoms with Crippen LogP contribution in [-0.2, 0) is 28.7 Å². The Morgan fingerprint density at radius 1 is 1.23 bits per heavy atom. The molecular weight excluding hydrogens is 481 g/mol. The second kappa shape index (κ2) is 10.7. The molecule has 1 aliphatic rings.